The molecule has 104 valence electrons. The van der Waals surface area contributed by atoms with Crippen LogP contribution in [0.2, 0.25) is 0 Å². The molecule has 5 nitrogen and oxygen atoms in total. The van der Waals surface area contributed by atoms with E-state index in [-0.39, 0.29) is 5.56 Å². The summed E-state index contributed by atoms with van der Waals surface area (Å²) in [6, 6.07) is 10.0. The van der Waals surface area contributed by atoms with E-state index in [2.05, 4.69) is 0 Å². The fourth-order valence-corrected chi connectivity index (χ4v) is 1.92. The van der Waals surface area contributed by atoms with Crippen molar-refractivity contribution in [2.75, 3.05) is 20.0 Å². The molecule has 2 rings (SSSR count). The molecule has 2 aromatic rings. The SMILES string of the molecule is COc1cc(OC)cc(-c2cc(N)cc(C(=O)O)c2)c1. The average molecular weight is 273 g/mol. The van der Waals surface area contributed by atoms with Crippen molar-refractivity contribution in [1.29, 1.82) is 0 Å². The van der Waals surface area contributed by atoms with Crippen LogP contribution in [-0.4, -0.2) is 25.3 Å². The largest absolute Gasteiger partial charge is 0.497 e. The molecular weight excluding hydrogens is 258 g/mol. The zero-order chi connectivity index (χ0) is 14.7. The highest BCUT2D eigenvalue weighted by Gasteiger charge is 2.09. The van der Waals surface area contributed by atoms with Gasteiger partial charge in [0.05, 0.1) is 19.8 Å². The van der Waals surface area contributed by atoms with E-state index < -0.39 is 5.97 Å². The van der Waals surface area contributed by atoms with E-state index in [1.165, 1.54) is 6.07 Å². The third-order valence-corrected chi connectivity index (χ3v) is 2.89. The molecule has 20 heavy (non-hydrogen) atoms. The Morgan fingerprint density at radius 3 is 2.00 bits per heavy atom. The quantitative estimate of drug-likeness (QED) is 0.837. The molecule has 0 aromatic heterocycles. The first-order valence-corrected chi connectivity index (χ1v) is 5.91. The minimum atomic E-state index is -1.02. The molecule has 3 N–H and O–H groups in total. The Balaban J connectivity index is 2.58. The lowest BCUT2D eigenvalue weighted by molar-refractivity contribution is 0.0697. The standard InChI is InChI=1S/C15H15NO4/c1-19-13-6-10(7-14(8-13)20-2)9-3-11(15(17)18)5-12(16)4-9/h3-8H,16H2,1-2H3,(H,17,18). The van der Waals surface area contributed by atoms with Gasteiger partial charge in [-0.1, -0.05) is 0 Å². The van der Waals surface area contributed by atoms with E-state index in [0.29, 0.717) is 22.7 Å². The molecule has 5 heteroatoms. The Morgan fingerprint density at radius 1 is 0.950 bits per heavy atom. The van der Waals surface area contributed by atoms with Gasteiger partial charge in [-0.3, -0.25) is 0 Å². The number of carbonyl (C=O) groups is 1. The minimum absolute atomic E-state index is 0.141. The van der Waals surface area contributed by atoms with Gasteiger partial charge in [-0.15, -0.1) is 0 Å². The highest BCUT2D eigenvalue weighted by molar-refractivity contribution is 5.91. The molecule has 2 aromatic carbocycles. The number of nitrogen functional groups attached to an aromatic ring is 1. The predicted molar refractivity (Wildman–Crippen MR) is 76.4 cm³/mol. The number of carboxylic acid groups (broad SMARTS) is 1. The Kier molecular flexibility index (Phi) is 3.79. The summed E-state index contributed by atoms with van der Waals surface area (Å²) < 4.78 is 10.4. The van der Waals surface area contributed by atoms with Crippen LogP contribution in [0.15, 0.2) is 36.4 Å². The van der Waals surface area contributed by atoms with Crippen molar-refractivity contribution in [3.63, 3.8) is 0 Å². The smallest absolute Gasteiger partial charge is 0.335 e. The Hall–Kier alpha value is -2.69. The fraction of sp³-hybridized carbons (Fsp3) is 0.133. The Morgan fingerprint density at radius 2 is 1.50 bits per heavy atom. The van der Waals surface area contributed by atoms with Crippen molar-refractivity contribution < 1.29 is 19.4 Å². The molecule has 0 saturated carbocycles. The van der Waals surface area contributed by atoms with Gasteiger partial charge < -0.3 is 20.3 Å². The van der Waals surface area contributed by atoms with Gasteiger partial charge in [0, 0.05) is 11.8 Å². The average Bonchev–Trinajstić information content (AvgIpc) is 2.45. The second-order valence-electron chi connectivity index (χ2n) is 4.25. The lowest BCUT2D eigenvalue weighted by atomic mass is 10.0. The van der Waals surface area contributed by atoms with Gasteiger partial charge in [-0.25, -0.2) is 4.79 Å². The second kappa shape index (κ2) is 5.52. The number of carboxylic acids is 1. The van der Waals surface area contributed by atoms with E-state index in [1.807, 2.05) is 0 Å². The van der Waals surface area contributed by atoms with E-state index in [0.717, 1.165) is 5.56 Å². The van der Waals surface area contributed by atoms with Crippen LogP contribution < -0.4 is 15.2 Å². The van der Waals surface area contributed by atoms with E-state index in [1.54, 1.807) is 44.6 Å². The van der Waals surface area contributed by atoms with Gasteiger partial charge in [-0.2, -0.15) is 0 Å². The summed E-state index contributed by atoms with van der Waals surface area (Å²) in [5, 5.41) is 9.08. The number of hydrogen-bond donors (Lipinski definition) is 2. The molecule has 0 fully saturated rings. The topological polar surface area (TPSA) is 81.8 Å². The lowest BCUT2D eigenvalue weighted by Crippen LogP contribution is -1.99. The van der Waals surface area contributed by atoms with Crippen molar-refractivity contribution in [3.05, 3.63) is 42.0 Å². The second-order valence-corrected chi connectivity index (χ2v) is 4.25. The fourth-order valence-electron chi connectivity index (χ4n) is 1.92. The number of rotatable bonds is 4. The first-order chi connectivity index (χ1) is 9.53. The number of nitrogens with two attached hydrogens (primary N) is 1. The molecule has 0 saturated heterocycles. The van der Waals surface area contributed by atoms with Crippen LogP contribution in [0.1, 0.15) is 10.4 Å². The number of anilines is 1. The summed E-state index contributed by atoms with van der Waals surface area (Å²) in [6.07, 6.45) is 0. The lowest BCUT2D eigenvalue weighted by Gasteiger charge is -2.10. The van der Waals surface area contributed by atoms with Crippen LogP contribution in [0.4, 0.5) is 5.69 Å². The molecule has 0 bridgehead atoms. The van der Waals surface area contributed by atoms with Crippen molar-refractivity contribution in [3.8, 4) is 22.6 Å². The summed E-state index contributed by atoms with van der Waals surface area (Å²) in [4.78, 5) is 11.1. The zero-order valence-corrected chi connectivity index (χ0v) is 11.2. The number of benzene rings is 2. The van der Waals surface area contributed by atoms with Crippen molar-refractivity contribution in [2.24, 2.45) is 0 Å². The van der Waals surface area contributed by atoms with Crippen molar-refractivity contribution in [2.45, 2.75) is 0 Å². The first-order valence-electron chi connectivity index (χ1n) is 5.91. The normalized spacial score (nSPS) is 10.1. The van der Waals surface area contributed by atoms with Gasteiger partial charge in [0.25, 0.3) is 0 Å². The summed E-state index contributed by atoms with van der Waals surface area (Å²) in [5.74, 6) is 0.228. The van der Waals surface area contributed by atoms with E-state index in [9.17, 15) is 4.79 Å². The number of ether oxygens (including phenoxy) is 2. The van der Waals surface area contributed by atoms with Crippen molar-refractivity contribution >= 4 is 11.7 Å². The number of aromatic carboxylic acids is 1. The third-order valence-electron chi connectivity index (χ3n) is 2.89. The summed E-state index contributed by atoms with van der Waals surface area (Å²) in [7, 11) is 3.11. The number of methoxy groups -OCH3 is 2. The molecule has 0 amide bonds. The molecule has 0 spiro atoms. The van der Waals surface area contributed by atoms with Crippen LogP contribution in [0, 0.1) is 0 Å². The van der Waals surface area contributed by atoms with Gasteiger partial charge in [0.2, 0.25) is 0 Å². The minimum Gasteiger partial charge on any atom is -0.497 e. The highest BCUT2D eigenvalue weighted by Crippen LogP contribution is 2.31. The molecule has 0 aliphatic rings. The molecule has 0 radical (unpaired) electrons. The van der Waals surface area contributed by atoms with E-state index >= 15 is 0 Å². The molecular formula is C15H15NO4. The highest BCUT2D eigenvalue weighted by atomic mass is 16.5. The van der Waals surface area contributed by atoms with Gasteiger partial charge in [-0.05, 0) is 41.5 Å². The summed E-state index contributed by atoms with van der Waals surface area (Å²) in [5.41, 5.74) is 7.75. The first kappa shape index (κ1) is 13.7. The van der Waals surface area contributed by atoms with Gasteiger partial charge >= 0.3 is 5.97 Å². The number of hydrogen-bond acceptors (Lipinski definition) is 4. The monoisotopic (exact) mass is 273 g/mol. The van der Waals surface area contributed by atoms with Crippen LogP contribution in [0.5, 0.6) is 11.5 Å². The Bertz CT molecular complexity index is 630. The predicted octanol–water partition coefficient (Wildman–Crippen LogP) is 2.65. The molecule has 0 aliphatic carbocycles. The maximum Gasteiger partial charge on any atom is 0.335 e. The maximum absolute atomic E-state index is 11.1. The zero-order valence-electron chi connectivity index (χ0n) is 11.2. The summed E-state index contributed by atoms with van der Waals surface area (Å²) >= 11 is 0. The van der Waals surface area contributed by atoms with Crippen LogP contribution in [-0.2, 0) is 0 Å². The molecule has 0 unspecified atom stereocenters. The van der Waals surface area contributed by atoms with Crippen molar-refractivity contribution in [1.82, 2.24) is 0 Å². The maximum atomic E-state index is 11.1. The van der Waals surface area contributed by atoms with Crippen LogP contribution in [0.25, 0.3) is 11.1 Å². The van der Waals surface area contributed by atoms with Crippen LogP contribution in [0.3, 0.4) is 0 Å². The van der Waals surface area contributed by atoms with Gasteiger partial charge in [0.15, 0.2) is 0 Å². The molecule has 0 aliphatic heterocycles. The van der Waals surface area contributed by atoms with E-state index in [4.69, 9.17) is 20.3 Å². The van der Waals surface area contributed by atoms with Gasteiger partial charge in [0.1, 0.15) is 11.5 Å². The molecule has 0 atom stereocenters. The van der Waals surface area contributed by atoms with Crippen LogP contribution >= 0.6 is 0 Å². The molecule has 0 heterocycles. The third kappa shape index (κ3) is 2.83. The Labute approximate surface area is 116 Å². The summed E-state index contributed by atoms with van der Waals surface area (Å²) in [6.45, 7) is 0.